The first-order valence-electron chi connectivity index (χ1n) is 6.67. The molecule has 0 heterocycles. The summed E-state index contributed by atoms with van der Waals surface area (Å²) in [5.41, 5.74) is 0. The van der Waals surface area contributed by atoms with Crippen molar-refractivity contribution in [1.82, 2.24) is 0 Å². The second-order valence-electron chi connectivity index (χ2n) is 5.15. The summed E-state index contributed by atoms with van der Waals surface area (Å²) < 4.78 is 23.9. The SMILES string of the molecule is C1CCC2CCCC2C1.Fc1ccccc1F. The summed E-state index contributed by atoms with van der Waals surface area (Å²) in [7, 11) is 0. The smallest absolute Gasteiger partial charge is 0.158 e. The van der Waals surface area contributed by atoms with E-state index < -0.39 is 11.6 Å². The summed E-state index contributed by atoms with van der Waals surface area (Å²) in [6.45, 7) is 0. The predicted molar refractivity (Wildman–Crippen MR) is 65.7 cm³/mol. The zero-order chi connectivity index (χ0) is 12.1. The summed E-state index contributed by atoms with van der Waals surface area (Å²) >= 11 is 0. The van der Waals surface area contributed by atoms with Crippen molar-refractivity contribution >= 4 is 0 Å². The van der Waals surface area contributed by atoms with Crippen molar-refractivity contribution in [3.63, 3.8) is 0 Å². The third-order valence-electron chi connectivity index (χ3n) is 4.04. The molecular formula is C15H20F2. The quantitative estimate of drug-likeness (QED) is 0.600. The molecule has 0 radical (unpaired) electrons. The van der Waals surface area contributed by atoms with Crippen LogP contribution in [-0.2, 0) is 0 Å². The lowest BCUT2D eigenvalue weighted by molar-refractivity contribution is 0.277. The fourth-order valence-corrected chi connectivity index (χ4v) is 3.13. The van der Waals surface area contributed by atoms with Gasteiger partial charge in [0.25, 0.3) is 0 Å². The molecule has 1 aromatic rings. The minimum absolute atomic E-state index is 0.799. The summed E-state index contributed by atoms with van der Waals surface area (Å²) in [6.07, 6.45) is 10.8. The third-order valence-corrected chi connectivity index (χ3v) is 4.04. The van der Waals surface area contributed by atoms with Gasteiger partial charge < -0.3 is 0 Å². The first-order valence-corrected chi connectivity index (χ1v) is 6.67. The van der Waals surface area contributed by atoms with Gasteiger partial charge >= 0.3 is 0 Å². The molecule has 1 aromatic carbocycles. The fourth-order valence-electron chi connectivity index (χ4n) is 3.13. The van der Waals surface area contributed by atoms with Gasteiger partial charge in [0.05, 0.1) is 0 Å². The molecule has 0 aliphatic heterocycles. The molecule has 94 valence electrons. The maximum absolute atomic E-state index is 11.9. The highest BCUT2D eigenvalue weighted by Crippen LogP contribution is 2.41. The van der Waals surface area contributed by atoms with Gasteiger partial charge in [-0.3, -0.25) is 0 Å². The Morgan fingerprint density at radius 3 is 1.53 bits per heavy atom. The number of halogens is 2. The molecule has 0 nitrogen and oxygen atoms in total. The molecule has 2 aliphatic carbocycles. The Bertz CT molecular complexity index is 316. The first kappa shape index (κ1) is 12.5. The number of rotatable bonds is 0. The zero-order valence-corrected chi connectivity index (χ0v) is 10.2. The van der Waals surface area contributed by atoms with Crippen molar-refractivity contribution in [2.75, 3.05) is 0 Å². The second-order valence-corrected chi connectivity index (χ2v) is 5.15. The molecule has 2 heteroatoms. The van der Waals surface area contributed by atoms with E-state index in [1.165, 1.54) is 43.2 Å². The molecule has 0 spiro atoms. The van der Waals surface area contributed by atoms with Crippen LogP contribution < -0.4 is 0 Å². The van der Waals surface area contributed by atoms with Gasteiger partial charge in [-0.1, -0.05) is 57.1 Å². The molecule has 2 atom stereocenters. The van der Waals surface area contributed by atoms with Gasteiger partial charge in [0.1, 0.15) is 0 Å². The van der Waals surface area contributed by atoms with E-state index in [-0.39, 0.29) is 0 Å². The van der Waals surface area contributed by atoms with Crippen LogP contribution in [0, 0.1) is 23.5 Å². The van der Waals surface area contributed by atoms with Crippen LogP contribution in [0.5, 0.6) is 0 Å². The van der Waals surface area contributed by atoms with Crippen LogP contribution in [0.25, 0.3) is 0 Å². The highest BCUT2D eigenvalue weighted by Gasteiger charge is 2.28. The van der Waals surface area contributed by atoms with Crippen molar-refractivity contribution in [2.24, 2.45) is 11.8 Å². The fraction of sp³-hybridized carbons (Fsp3) is 0.600. The minimum Gasteiger partial charge on any atom is -0.204 e. The van der Waals surface area contributed by atoms with Gasteiger partial charge in [-0.2, -0.15) is 0 Å². The minimum atomic E-state index is -0.799. The van der Waals surface area contributed by atoms with E-state index in [4.69, 9.17) is 0 Å². The monoisotopic (exact) mass is 238 g/mol. The maximum atomic E-state index is 11.9. The average molecular weight is 238 g/mol. The summed E-state index contributed by atoms with van der Waals surface area (Å²) in [6, 6.07) is 5.04. The van der Waals surface area contributed by atoms with E-state index >= 15 is 0 Å². The molecule has 0 aromatic heterocycles. The average Bonchev–Trinajstić information content (AvgIpc) is 2.82. The lowest BCUT2D eigenvalue weighted by Gasteiger charge is -2.24. The standard InChI is InChI=1S/C9H16.C6H4F2/c1-2-5-9-7-3-6-8(9)4-1;7-5-3-1-2-4-6(5)8/h8-9H,1-7H2;1-4H. The molecule has 2 unspecified atom stereocenters. The highest BCUT2D eigenvalue weighted by molar-refractivity contribution is 5.05. The molecule has 3 rings (SSSR count). The van der Waals surface area contributed by atoms with E-state index in [2.05, 4.69) is 0 Å². The van der Waals surface area contributed by atoms with E-state index in [9.17, 15) is 8.78 Å². The van der Waals surface area contributed by atoms with Crippen LogP contribution in [-0.4, -0.2) is 0 Å². The third kappa shape index (κ3) is 3.52. The van der Waals surface area contributed by atoms with Crippen LogP contribution in [0.2, 0.25) is 0 Å². The van der Waals surface area contributed by atoms with Crippen LogP contribution in [0.1, 0.15) is 44.9 Å². The Morgan fingerprint density at radius 1 is 0.706 bits per heavy atom. The maximum Gasteiger partial charge on any atom is 0.158 e. The van der Waals surface area contributed by atoms with Crippen LogP contribution in [0.3, 0.4) is 0 Å². The lowest BCUT2D eigenvalue weighted by atomic mass is 9.82. The summed E-state index contributed by atoms with van der Waals surface area (Å²) in [5, 5.41) is 0. The molecule has 0 N–H and O–H groups in total. The number of benzene rings is 1. The zero-order valence-electron chi connectivity index (χ0n) is 10.2. The first-order chi connectivity index (χ1) is 8.27. The highest BCUT2D eigenvalue weighted by atomic mass is 19.2. The van der Waals surface area contributed by atoms with E-state index in [0.717, 1.165) is 12.1 Å². The topological polar surface area (TPSA) is 0 Å². The summed E-state index contributed by atoms with van der Waals surface area (Å²) in [5.74, 6) is 0.734. The predicted octanol–water partition coefficient (Wildman–Crippen LogP) is 4.94. The molecule has 0 saturated heterocycles. The second kappa shape index (κ2) is 6.13. The number of fused-ring (bicyclic) bond motifs is 1. The largest absolute Gasteiger partial charge is 0.204 e. The Balaban J connectivity index is 0.000000128. The van der Waals surface area contributed by atoms with Gasteiger partial charge in [0.15, 0.2) is 11.6 Å². The molecule has 2 aliphatic rings. The molecule has 2 saturated carbocycles. The van der Waals surface area contributed by atoms with Crippen LogP contribution in [0.15, 0.2) is 24.3 Å². The van der Waals surface area contributed by atoms with E-state index in [1.54, 1.807) is 25.7 Å². The van der Waals surface area contributed by atoms with E-state index in [1.807, 2.05) is 0 Å². The van der Waals surface area contributed by atoms with Gasteiger partial charge in [-0.15, -0.1) is 0 Å². The van der Waals surface area contributed by atoms with Gasteiger partial charge in [-0.05, 0) is 24.0 Å². The van der Waals surface area contributed by atoms with Crippen LogP contribution >= 0.6 is 0 Å². The molecule has 17 heavy (non-hydrogen) atoms. The normalized spacial score (nSPS) is 26.9. The van der Waals surface area contributed by atoms with Gasteiger partial charge in [0, 0.05) is 0 Å². The Hall–Kier alpha value is -0.920. The van der Waals surface area contributed by atoms with Gasteiger partial charge in [-0.25, -0.2) is 8.78 Å². The lowest BCUT2D eigenvalue weighted by Crippen LogP contribution is -2.12. The van der Waals surface area contributed by atoms with Crippen molar-refractivity contribution in [3.8, 4) is 0 Å². The van der Waals surface area contributed by atoms with Gasteiger partial charge in [0.2, 0.25) is 0 Å². The number of hydrogen-bond acceptors (Lipinski definition) is 0. The van der Waals surface area contributed by atoms with Crippen molar-refractivity contribution in [1.29, 1.82) is 0 Å². The molecule has 0 amide bonds. The number of hydrogen-bond donors (Lipinski definition) is 0. The van der Waals surface area contributed by atoms with Crippen molar-refractivity contribution < 1.29 is 8.78 Å². The molecule has 2 fully saturated rings. The Morgan fingerprint density at radius 2 is 1.12 bits per heavy atom. The van der Waals surface area contributed by atoms with Crippen molar-refractivity contribution in [3.05, 3.63) is 35.9 Å². The molecular weight excluding hydrogens is 218 g/mol. The molecule has 0 bridgehead atoms. The summed E-state index contributed by atoms with van der Waals surface area (Å²) in [4.78, 5) is 0. The Kier molecular flexibility index (Phi) is 4.52. The van der Waals surface area contributed by atoms with Crippen LogP contribution in [0.4, 0.5) is 8.78 Å². The van der Waals surface area contributed by atoms with Crippen molar-refractivity contribution in [2.45, 2.75) is 44.9 Å². The Labute approximate surface area is 102 Å². The van der Waals surface area contributed by atoms with E-state index in [0.29, 0.717) is 0 Å².